The lowest BCUT2D eigenvalue weighted by atomic mass is 10.1. The maximum absolute atomic E-state index is 12.9. The Morgan fingerprint density at radius 3 is 2.47 bits per heavy atom. The fraction of sp³-hybridized carbons (Fsp3) is 0.176. The van der Waals surface area contributed by atoms with Gasteiger partial charge in [0.2, 0.25) is 0 Å². The first-order chi connectivity index (χ1) is 14.0. The number of nitrogens with zero attached hydrogens (tertiary/aromatic N) is 3. The molecule has 2 heterocycles. The first-order valence-corrected chi connectivity index (χ1v) is 8.34. The molecule has 0 atom stereocenters. The summed E-state index contributed by atoms with van der Waals surface area (Å²) in [6.45, 7) is -0.410. The van der Waals surface area contributed by atoms with Gasteiger partial charge in [0.05, 0.1) is 28.3 Å². The molecule has 6 nitrogen and oxygen atoms in total. The molecular formula is C17H9ClF6N4O2. The maximum Gasteiger partial charge on any atom is 0.434 e. The summed E-state index contributed by atoms with van der Waals surface area (Å²) in [7, 11) is 0. The van der Waals surface area contributed by atoms with Crippen LogP contribution in [0, 0.1) is 0 Å². The third-order valence-corrected chi connectivity index (χ3v) is 4.04. The number of halogens is 7. The summed E-state index contributed by atoms with van der Waals surface area (Å²) in [6, 6.07) is 4.61. The number of carbonyl (C=O) groups is 1. The van der Waals surface area contributed by atoms with E-state index in [1.165, 1.54) is 6.07 Å². The van der Waals surface area contributed by atoms with Crippen molar-refractivity contribution in [3.05, 3.63) is 64.2 Å². The van der Waals surface area contributed by atoms with Gasteiger partial charge in [-0.05, 0) is 30.3 Å². The van der Waals surface area contributed by atoms with Crippen LogP contribution in [0.25, 0.3) is 11.5 Å². The number of rotatable bonds is 4. The third-order valence-electron chi connectivity index (χ3n) is 3.72. The molecule has 0 radical (unpaired) electrons. The van der Waals surface area contributed by atoms with E-state index in [4.69, 9.17) is 16.1 Å². The standard InChI is InChI=1S/C17H9ClF6N4O2/c18-11-6-8(16(19,20)21)3-4-9(11)15-27-12(28-30-15)7-26-14(29)10-2-1-5-25-13(10)17(22,23)24/h1-6H,7H2,(H,26,29). The van der Waals surface area contributed by atoms with Gasteiger partial charge in [-0.1, -0.05) is 16.8 Å². The van der Waals surface area contributed by atoms with Crippen LogP contribution in [0.5, 0.6) is 0 Å². The van der Waals surface area contributed by atoms with Crippen LogP contribution < -0.4 is 5.32 Å². The topological polar surface area (TPSA) is 80.9 Å². The van der Waals surface area contributed by atoms with Crippen LogP contribution in [0.4, 0.5) is 26.3 Å². The SMILES string of the molecule is O=C(NCc1noc(-c2ccc(C(F)(F)F)cc2Cl)n1)c1cccnc1C(F)(F)F. The summed E-state index contributed by atoms with van der Waals surface area (Å²) in [5.74, 6) is -1.43. The van der Waals surface area contributed by atoms with E-state index < -0.39 is 41.6 Å². The summed E-state index contributed by atoms with van der Waals surface area (Å²) >= 11 is 5.84. The highest BCUT2D eigenvalue weighted by Gasteiger charge is 2.37. The second kappa shape index (κ2) is 7.94. The van der Waals surface area contributed by atoms with Gasteiger partial charge in [0, 0.05) is 6.20 Å². The van der Waals surface area contributed by atoms with Crippen molar-refractivity contribution in [1.82, 2.24) is 20.4 Å². The van der Waals surface area contributed by atoms with Crippen molar-refractivity contribution in [3.8, 4) is 11.5 Å². The zero-order chi connectivity index (χ0) is 22.1. The Labute approximate surface area is 168 Å². The molecule has 0 bridgehead atoms. The highest BCUT2D eigenvalue weighted by molar-refractivity contribution is 6.33. The highest BCUT2D eigenvalue weighted by Crippen LogP contribution is 2.35. The summed E-state index contributed by atoms with van der Waals surface area (Å²) in [5.41, 5.74) is -3.01. The summed E-state index contributed by atoms with van der Waals surface area (Å²) in [5, 5.41) is 5.42. The zero-order valence-corrected chi connectivity index (χ0v) is 15.2. The largest absolute Gasteiger partial charge is 0.434 e. The molecule has 1 amide bonds. The lowest BCUT2D eigenvalue weighted by Crippen LogP contribution is -2.27. The van der Waals surface area contributed by atoms with E-state index >= 15 is 0 Å². The first kappa shape index (κ1) is 21.6. The van der Waals surface area contributed by atoms with Crippen LogP contribution in [-0.4, -0.2) is 21.0 Å². The Kier molecular flexibility index (Phi) is 5.70. The quantitative estimate of drug-likeness (QED) is 0.580. The Morgan fingerprint density at radius 2 is 1.83 bits per heavy atom. The number of hydrogen-bond acceptors (Lipinski definition) is 5. The van der Waals surface area contributed by atoms with Crippen LogP contribution in [0.1, 0.15) is 27.4 Å². The van der Waals surface area contributed by atoms with Crippen LogP contribution in [0.2, 0.25) is 5.02 Å². The van der Waals surface area contributed by atoms with E-state index in [1.807, 2.05) is 0 Å². The second-order valence-electron chi connectivity index (χ2n) is 5.79. The molecule has 2 aromatic heterocycles. The Balaban J connectivity index is 1.74. The van der Waals surface area contributed by atoms with E-state index in [0.29, 0.717) is 6.07 Å². The fourth-order valence-corrected chi connectivity index (χ4v) is 2.63. The lowest BCUT2D eigenvalue weighted by Gasteiger charge is -2.10. The molecule has 0 unspecified atom stereocenters. The van der Waals surface area contributed by atoms with E-state index in [0.717, 1.165) is 24.4 Å². The molecule has 1 N–H and O–H groups in total. The van der Waals surface area contributed by atoms with E-state index in [9.17, 15) is 31.1 Å². The van der Waals surface area contributed by atoms with E-state index in [2.05, 4.69) is 20.4 Å². The Bertz CT molecular complexity index is 1080. The van der Waals surface area contributed by atoms with Crippen molar-refractivity contribution in [2.75, 3.05) is 0 Å². The monoisotopic (exact) mass is 450 g/mol. The number of benzene rings is 1. The van der Waals surface area contributed by atoms with Gasteiger partial charge in [0.15, 0.2) is 11.5 Å². The molecule has 0 saturated heterocycles. The molecule has 0 saturated carbocycles. The molecule has 0 aliphatic rings. The maximum atomic E-state index is 12.9. The van der Waals surface area contributed by atoms with Gasteiger partial charge in [-0.25, -0.2) is 0 Å². The van der Waals surface area contributed by atoms with Gasteiger partial charge in [-0.15, -0.1) is 0 Å². The highest BCUT2D eigenvalue weighted by atomic mass is 35.5. The molecular weight excluding hydrogens is 442 g/mol. The normalized spacial score (nSPS) is 12.1. The first-order valence-electron chi connectivity index (χ1n) is 7.97. The van der Waals surface area contributed by atoms with Crippen molar-refractivity contribution in [3.63, 3.8) is 0 Å². The second-order valence-corrected chi connectivity index (χ2v) is 6.20. The predicted molar refractivity (Wildman–Crippen MR) is 90.2 cm³/mol. The average Bonchev–Trinajstić information content (AvgIpc) is 3.13. The van der Waals surface area contributed by atoms with Gasteiger partial charge >= 0.3 is 12.4 Å². The molecule has 0 spiro atoms. The minimum atomic E-state index is -4.83. The van der Waals surface area contributed by atoms with Crippen LogP contribution in [0.15, 0.2) is 41.1 Å². The Morgan fingerprint density at radius 1 is 1.10 bits per heavy atom. The minimum absolute atomic E-state index is 0.0151. The zero-order valence-electron chi connectivity index (χ0n) is 14.5. The molecule has 1 aromatic carbocycles. The summed E-state index contributed by atoms with van der Waals surface area (Å²) in [4.78, 5) is 19.1. The fourth-order valence-electron chi connectivity index (χ4n) is 2.37. The van der Waals surface area contributed by atoms with Crippen molar-refractivity contribution < 1.29 is 35.7 Å². The molecule has 3 aromatic rings. The third kappa shape index (κ3) is 4.70. The number of nitrogens with one attached hydrogen (secondary N) is 1. The van der Waals surface area contributed by atoms with Gasteiger partial charge in [0.25, 0.3) is 11.8 Å². The van der Waals surface area contributed by atoms with Crippen molar-refractivity contribution >= 4 is 17.5 Å². The van der Waals surface area contributed by atoms with Crippen molar-refractivity contribution in [2.24, 2.45) is 0 Å². The molecule has 0 fully saturated rings. The number of pyridine rings is 1. The molecule has 158 valence electrons. The number of carbonyl (C=O) groups excluding carboxylic acids is 1. The lowest BCUT2D eigenvalue weighted by molar-refractivity contribution is -0.141. The predicted octanol–water partition coefficient (Wildman–Crippen LogP) is 4.75. The van der Waals surface area contributed by atoms with Crippen molar-refractivity contribution in [1.29, 1.82) is 0 Å². The number of alkyl halides is 6. The van der Waals surface area contributed by atoms with Gasteiger partial charge in [-0.2, -0.15) is 31.3 Å². The van der Waals surface area contributed by atoms with Crippen molar-refractivity contribution in [2.45, 2.75) is 18.9 Å². The average molecular weight is 451 g/mol. The summed E-state index contributed by atoms with van der Waals surface area (Å²) in [6.07, 6.45) is -8.51. The molecule has 30 heavy (non-hydrogen) atoms. The van der Waals surface area contributed by atoms with Gasteiger partial charge in [-0.3, -0.25) is 9.78 Å². The van der Waals surface area contributed by atoms with Gasteiger partial charge in [0.1, 0.15) is 0 Å². The summed E-state index contributed by atoms with van der Waals surface area (Å²) < 4.78 is 81.8. The van der Waals surface area contributed by atoms with E-state index in [1.54, 1.807) is 0 Å². The molecule has 3 rings (SSSR count). The minimum Gasteiger partial charge on any atom is -0.345 e. The molecule has 13 heteroatoms. The van der Waals surface area contributed by atoms with Crippen LogP contribution in [-0.2, 0) is 18.9 Å². The number of aromatic nitrogens is 3. The number of hydrogen-bond donors (Lipinski definition) is 1. The van der Waals surface area contributed by atoms with E-state index in [-0.39, 0.29) is 22.3 Å². The van der Waals surface area contributed by atoms with Gasteiger partial charge < -0.3 is 9.84 Å². The smallest absolute Gasteiger partial charge is 0.345 e. The number of amides is 1. The Hall–Kier alpha value is -3.15. The molecule has 0 aliphatic heterocycles. The van der Waals surface area contributed by atoms with Crippen LogP contribution in [0.3, 0.4) is 0 Å². The van der Waals surface area contributed by atoms with Crippen LogP contribution >= 0.6 is 11.6 Å². The molecule has 0 aliphatic carbocycles.